The van der Waals surface area contributed by atoms with Crippen LogP contribution >= 0.6 is 25.8 Å². The zero-order valence-electron chi connectivity index (χ0n) is 55.9. The summed E-state index contributed by atoms with van der Waals surface area (Å²) in [4.78, 5) is 139. The maximum Gasteiger partial charge on any atom is 0.351 e. The van der Waals surface area contributed by atoms with Crippen LogP contribution in [-0.4, -0.2) is 157 Å². The van der Waals surface area contributed by atoms with Gasteiger partial charge in [0.1, 0.15) is 66.2 Å². The van der Waals surface area contributed by atoms with Crippen molar-refractivity contribution in [2.75, 3.05) is 50.0 Å². The minimum Gasteiger partial charge on any atom is -0.497 e. The number of amides is 3. The van der Waals surface area contributed by atoms with E-state index in [-0.39, 0.29) is 65.8 Å². The molecule has 5 aromatic heterocycles. The van der Waals surface area contributed by atoms with Crippen molar-refractivity contribution >= 4 is 83.4 Å². The van der Waals surface area contributed by atoms with Gasteiger partial charge in [-0.2, -0.15) is 9.97 Å². The van der Waals surface area contributed by atoms with Crippen molar-refractivity contribution in [3.8, 4) is 11.5 Å². The number of ether oxygens (including phenoxy) is 6. The van der Waals surface area contributed by atoms with Gasteiger partial charge < -0.3 is 81.2 Å². The lowest BCUT2D eigenvalue weighted by Crippen LogP contribution is -2.38. The first-order valence-corrected chi connectivity index (χ1v) is 36.0. The monoisotopic (exact) mass is 1480 g/mol. The Morgan fingerprint density at radius 1 is 0.567 bits per heavy atom. The minimum atomic E-state index is -2.96. The van der Waals surface area contributed by atoms with E-state index in [0.29, 0.717) is 33.8 Å². The van der Waals surface area contributed by atoms with Crippen molar-refractivity contribution < 1.29 is 85.0 Å². The van der Waals surface area contributed by atoms with Gasteiger partial charge in [0, 0.05) is 42.5 Å². The third-order valence-corrected chi connectivity index (χ3v) is 19.5. The first kappa shape index (κ1) is 73.0. The van der Waals surface area contributed by atoms with Crippen LogP contribution in [0.1, 0.15) is 89.2 Å². The summed E-state index contributed by atoms with van der Waals surface area (Å²) in [6, 6.07) is 42.7. The number of benzene rings is 5. The Hall–Kier alpha value is -9.34. The van der Waals surface area contributed by atoms with E-state index in [9.17, 15) is 43.5 Å². The molecule has 3 saturated heterocycles. The van der Waals surface area contributed by atoms with Crippen LogP contribution in [0.5, 0.6) is 11.5 Å². The average molecular weight is 1480 g/mol. The molecule has 13 rings (SSSR count). The molecule has 0 saturated carbocycles. The van der Waals surface area contributed by atoms with Crippen LogP contribution < -0.4 is 36.7 Å². The number of anilines is 3. The molecular formula is C68H70N13O20P3. The number of aromatic amines is 1. The second-order valence-corrected chi connectivity index (χ2v) is 26.8. The molecule has 0 bridgehead atoms. The highest BCUT2D eigenvalue weighted by molar-refractivity contribution is 7.40. The largest absolute Gasteiger partial charge is 0.497 e. The number of nitrogens with one attached hydrogen (secondary N) is 4. The van der Waals surface area contributed by atoms with Crippen molar-refractivity contribution in [3.05, 3.63) is 219 Å². The highest BCUT2D eigenvalue weighted by Gasteiger charge is 2.47. The van der Waals surface area contributed by atoms with Gasteiger partial charge in [0.15, 0.2) is 28.1 Å². The van der Waals surface area contributed by atoms with Crippen LogP contribution in [-0.2, 0) is 52.0 Å². The summed E-state index contributed by atoms with van der Waals surface area (Å²) >= 11 is 0. The standard InChI is InChI=1S/C68H70N13O20P3/c1-39(2)62(82)77-66-76-61-58(65(85)78-66)72-38-81(61)56-30-47(99-102(87)88)51(97-56)34-94-104(90)101-49-32-55(80-37-71-57-59(69-36-70-60(57)80)75-64(84)41-16-10-6-11-17-41)98-52(49)35-95-103(89)100-48-31-54(79-29-28-53(74-67(79)86)73-63(83)40-14-8-5-9-15-40)96-50(48)33-93-68(42-18-12-7-13-19-42,43-20-24-45(91-3)25-21-43)44-22-26-46(92-4)27-23-44/h5-29,36-39,47-52,54-56,87-90H,30-35H2,1-4H3,(H,69,70,75,84)(H,73,74,83,86)(H2,76,77,78,82,85)/t47-,48-,49-,50+,51+,52+,54+,55+,56+,103?,104?/m0/s1. The van der Waals surface area contributed by atoms with Gasteiger partial charge in [-0.25, -0.2) is 24.7 Å². The number of rotatable bonds is 29. The number of carbonyl (C=O) groups excluding carboxylic acids is 3. The Bertz CT molecular complexity index is 4700. The van der Waals surface area contributed by atoms with Crippen molar-refractivity contribution in [1.82, 2.24) is 48.6 Å². The molecule has 3 amide bonds. The Kier molecular flexibility index (Phi) is 23.0. The van der Waals surface area contributed by atoms with Crippen molar-refractivity contribution in [2.24, 2.45) is 5.92 Å². The second-order valence-electron chi connectivity index (χ2n) is 24.2. The molecule has 104 heavy (non-hydrogen) atoms. The lowest BCUT2D eigenvalue weighted by atomic mass is 9.80. The Balaban J connectivity index is 0.764. The van der Waals surface area contributed by atoms with Gasteiger partial charge in [-0.3, -0.25) is 43.2 Å². The molecular weight excluding hydrogens is 1410 g/mol. The molecule has 10 aromatic rings. The topological polar surface area (TPSA) is 412 Å². The molecule has 8 N–H and O–H groups in total. The molecule has 8 heterocycles. The fraction of sp³-hybridized carbons (Fsp3) is 0.309. The predicted octanol–water partition coefficient (Wildman–Crippen LogP) is 8.04. The quantitative estimate of drug-likeness (QED) is 0.0162. The minimum absolute atomic E-state index is 0.0150. The number of nitrogens with zero attached hydrogens (tertiary/aromatic N) is 9. The van der Waals surface area contributed by atoms with E-state index < -0.39 is 135 Å². The second kappa shape index (κ2) is 32.8. The smallest absolute Gasteiger partial charge is 0.351 e. The van der Waals surface area contributed by atoms with E-state index in [4.69, 9.17) is 51.0 Å². The molecule has 2 unspecified atom stereocenters. The summed E-state index contributed by atoms with van der Waals surface area (Å²) in [7, 11) is -5.63. The summed E-state index contributed by atoms with van der Waals surface area (Å²) in [6.45, 7) is 2.16. The molecule has 3 aliphatic rings. The van der Waals surface area contributed by atoms with Crippen LogP contribution in [0.4, 0.5) is 17.6 Å². The lowest BCUT2D eigenvalue weighted by molar-refractivity contribution is -0.119. The Labute approximate surface area is 595 Å². The fourth-order valence-electron chi connectivity index (χ4n) is 12.2. The SMILES string of the molecule is COc1ccc(C(OC[C@H]2O[C@@H](n3ccc(NC(=O)c4ccccc4)nc3=O)C[C@@H]2OP(O)OC[C@H]2O[C@@H](n3cnc4c(NC(=O)c5ccccc5)ncnc43)C[C@@H]2OP(O)OC[C@H]2O[C@@H](n3cnc4c(=O)[nH]c(NC(=O)C(C)C)nc43)C[C@@H]2OP(O)O)(c2ccccc2)c2ccc(OC)cc2)cc1. The van der Waals surface area contributed by atoms with E-state index in [2.05, 4.69) is 50.8 Å². The van der Waals surface area contributed by atoms with E-state index in [1.54, 1.807) is 93.3 Å². The molecule has 3 aliphatic heterocycles. The van der Waals surface area contributed by atoms with Crippen LogP contribution in [0.15, 0.2) is 180 Å². The van der Waals surface area contributed by atoms with Crippen LogP contribution in [0, 0.1) is 5.92 Å². The number of carbonyl (C=O) groups is 3. The maximum atomic E-state index is 14.0. The molecule has 36 heteroatoms. The van der Waals surface area contributed by atoms with Gasteiger partial charge in [0.25, 0.3) is 17.4 Å². The van der Waals surface area contributed by atoms with Crippen molar-refractivity contribution in [2.45, 2.75) is 94.0 Å². The van der Waals surface area contributed by atoms with E-state index >= 15 is 0 Å². The highest BCUT2D eigenvalue weighted by atomic mass is 31.2. The lowest BCUT2D eigenvalue weighted by Gasteiger charge is -2.37. The number of imidazole rings is 2. The molecule has 0 spiro atoms. The van der Waals surface area contributed by atoms with Gasteiger partial charge in [0.05, 0.1) is 65.0 Å². The number of H-pyrrole nitrogens is 1. The number of fused-ring (bicyclic) bond motifs is 2. The fourth-order valence-corrected chi connectivity index (χ4v) is 14.3. The number of hydrogen-bond acceptors (Lipinski definition) is 26. The summed E-state index contributed by atoms with van der Waals surface area (Å²) in [5, 5.41) is 8.02. The van der Waals surface area contributed by atoms with E-state index in [1.165, 1.54) is 40.4 Å². The maximum absolute atomic E-state index is 14.0. The first-order chi connectivity index (χ1) is 50.4. The normalized spacial score (nSPS) is 21.0. The third-order valence-electron chi connectivity index (χ3n) is 17.4. The summed E-state index contributed by atoms with van der Waals surface area (Å²) in [6.07, 6.45) is -4.47. The van der Waals surface area contributed by atoms with Gasteiger partial charge in [-0.05, 0) is 71.3 Å². The number of methoxy groups -OCH3 is 2. The zero-order valence-corrected chi connectivity index (χ0v) is 58.6. The molecule has 3 fully saturated rings. The molecule has 0 aliphatic carbocycles. The summed E-state index contributed by atoms with van der Waals surface area (Å²) < 4.78 is 72.6. The third kappa shape index (κ3) is 16.4. The Morgan fingerprint density at radius 2 is 1.06 bits per heavy atom. The average Bonchev–Trinajstić information content (AvgIpc) is 0.931. The summed E-state index contributed by atoms with van der Waals surface area (Å²) in [5.74, 6) is -0.663. The zero-order chi connectivity index (χ0) is 72.6. The van der Waals surface area contributed by atoms with Crippen molar-refractivity contribution in [1.29, 1.82) is 0 Å². The molecule has 33 nitrogen and oxygen atoms in total. The highest BCUT2D eigenvalue weighted by Crippen LogP contribution is 2.49. The Morgan fingerprint density at radius 3 is 1.59 bits per heavy atom. The van der Waals surface area contributed by atoms with Crippen LogP contribution in [0.3, 0.4) is 0 Å². The molecule has 5 aromatic carbocycles. The van der Waals surface area contributed by atoms with E-state index in [1.807, 2.05) is 78.9 Å². The van der Waals surface area contributed by atoms with E-state index in [0.717, 1.165) is 5.56 Å². The number of aromatic nitrogens is 10. The van der Waals surface area contributed by atoms with Gasteiger partial charge >= 0.3 is 31.5 Å². The van der Waals surface area contributed by atoms with Crippen molar-refractivity contribution in [3.63, 3.8) is 0 Å². The number of hydrogen-bond donors (Lipinski definition) is 8. The molecule has 0 radical (unpaired) electrons. The predicted molar refractivity (Wildman–Crippen MR) is 374 cm³/mol. The van der Waals surface area contributed by atoms with Crippen LogP contribution in [0.2, 0.25) is 0 Å². The van der Waals surface area contributed by atoms with Gasteiger partial charge in [-0.1, -0.05) is 105 Å². The molecule has 542 valence electrons. The first-order valence-electron chi connectivity index (χ1n) is 32.6. The summed E-state index contributed by atoms with van der Waals surface area (Å²) in [5.41, 5.74) is 0.420. The van der Waals surface area contributed by atoms with Gasteiger partial charge in [0.2, 0.25) is 11.9 Å². The van der Waals surface area contributed by atoms with Crippen LogP contribution in [0.25, 0.3) is 22.3 Å². The van der Waals surface area contributed by atoms with Gasteiger partial charge in [-0.15, -0.1) is 0 Å². The molecule has 11 atom stereocenters.